The van der Waals surface area contributed by atoms with Gasteiger partial charge in [-0.3, -0.25) is 9.69 Å². The van der Waals surface area contributed by atoms with Crippen LogP contribution in [0, 0.1) is 11.7 Å². The summed E-state index contributed by atoms with van der Waals surface area (Å²) in [5.74, 6) is -0.731. The first kappa shape index (κ1) is 24.5. The van der Waals surface area contributed by atoms with Crippen molar-refractivity contribution in [2.75, 3.05) is 19.6 Å². The fraction of sp³-hybridized carbons (Fsp3) is 0.571. The second-order valence-electron chi connectivity index (χ2n) is 8.30. The molecule has 9 heteroatoms. The van der Waals surface area contributed by atoms with Crippen LogP contribution in [0.2, 0.25) is 5.02 Å². The number of carbonyl (C=O) groups is 1. The molecule has 1 heterocycles. The topological polar surface area (TPSA) is 44.4 Å². The quantitative estimate of drug-likeness (QED) is 0.590. The van der Waals surface area contributed by atoms with E-state index in [9.17, 15) is 22.4 Å². The summed E-state index contributed by atoms with van der Waals surface area (Å²) in [4.78, 5) is 14.3. The number of rotatable bonds is 7. The maximum Gasteiger partial charge on any atom is 0.410 e. The highest BCUT2D eigenvalue weighted by molar-refractivity contribution is 6.31. The van der Waals surface area contributed by atoms with E-state index in [0.717, 1.165) is 38.8 Å². The first-order valence-electron chi connectivity index (χ1n) is 9.82. The molecule has 0 saturated carbocycles. The number of amides is 1. The van der Waals surface area contributed by atoms with Gasteiger partial charge in [-0.1, -0.05) is 18.2 Å². The predicted octanol–water partition coefficient (Wildman–Crippen LogP) is 4.75. The van der Waals surface area contributed by atoms with E-state index in [-0.39, 0.29) is 28.5 Å². The number of piperidine rings is 1. The third-order valence-electron chi connectivity index (χ3n) is 5.56. The summed E-state index contributed by atoms with van der Waals surface area (Å²) >= 11 is 5.78. The van der Waals surface area contributed by atoms with Crippen LogP contribution in [-0.2, 0) is 0 Å². The molecule has 1 aromatic rings. The lowest BCUT2D eigenvalue weighted by molar-refractivity contribution is -0.184. The summed E-state index contributed by atoms with van der Waals surface area (Å²) in [6, 6.07) is 3.42. The Labute approximate surface area is 179 Å². The Bertz CT molecular complexity index is 754. The van der Waals surface area contributed by atoms with E-state index < -0.39 is 17.5 Å². The van der Waals surface area contributed by atoms with Crippen LogP contribution in [0.1, 0.15) is 44.0 Å². The Morgan fingerprint density at radius 3 is 2.40 bits per heavy atom. The van der Waals surface area contributed by atoms with Gasteiger partial charge in [0.25, 0.3) is 5.91 Å². The van der Waals surface area contributed by atoms with E-state index in [4.69, 9.17) is 11.6 Å². The van der Waals surface area contributed by atoms with E-state index in [0.29, 0.717) is 25.3 Å². The fourth-order valence-electron chi connectivity index (χ4n) is 3.37. The van der Waals surface area contributed by atoms with Crippen molar-refractivity contribution in [1.29, 1.82) is 0 Å². The molecule has 1 aromatic carbocycles. The molecule has 2 rings (SSSR count). The van der Waals surface area contributed by atoms with Gasteiger partial charge in [0, 0.05) is 28.9 Å². The zero-order valence-corrected chi connectivity index (χ0v) is 18.1. The summed E-state index contributed by atoms with van der Waals surface area (Å²) in [6.07, 6.45) is -2.82. The minimum absolute atomic E-state index is 0.157. The van der Waals surface area contributed by atoms with Crippen LogP contribution in [0.5, 0.6) is 0 Å². The molecule has 168 valence electrons. The van der Waals surface area contributed by atoms with Crippen LogP contribution in [-0.4, -0.2) is 48.2 Å². The maximum atomic E-state index is 13.4. The molecule has 1 aliphatic heterocycles. The van der Waals surface area contributed by atoms with Crippen LogP contribution in [0.4, 0.5) is 17.6 Å². The summed E-state index contributed by atoms with van der Waals surface area (Å²) in [5, 5.41) is 5.47. The van der Waals surface area contributed by atoms with E-state index in [1.165, 1.54) is 6.07 Å². The Balaban J connectivity index is 1.81. The molecule has 1 fully saturated rings. The molecule has 1 saturated heterocycles. The molecule has 0 aromatic heterocycles. The highest BCUT2D eigenvalue weighted by Gasteiger charge is 2.48. The van der Waals surface area contributed by atoms with Gasteiger partial charge in [-0.25, -0.2) is 4.39 Å². The lowest BCUT2D eigenvalue weighted by Crippen LogP contribution is -2.54. The van der Waals surface area contributed by atoms with Crippen molar-refractivity contribution in [2.24, 2.45) is 5.92 Å². The molecular formula is C21H28ClF4N3O. The first-order valence-corrected chi connectivity index (χ1v) is 10.2. The van der Waals surface area contributed by atoms with Crippen molar-refractivity contribution in [3.63, 3.8) is 0 Å². The Hall–Kier alpha value is -1.80. The Morgan fingerprint density at radius 1 is 1.27 bits per heavy atom. The highest BCUT2D eigenvalue weighted by atomic mass is 35.5. The molecule has 1 amide bonds. The minimum Gasteiger partial charge on any atom is -0.375 e. The van der Waals surface area contributed by atoms with Crippen LogP contribution in [0.3, 0.4) is 0 Å². The van der Waals surface area contributed by atoms with Crippen LogP contribution < -0.4 is 10.6 Å². The number of nitrogens with one attached hydrogen (secondary N) is 2. The van der Waals surface area contributed by atoms with Gasteiger partial charge in [-0.15, -0.1) is 0 Å². The molecule has 0 radical (unpaired) electrons. The van der Waals surface area contributed by atoms with Crippen LogP contribution in [0.15, 0.2) is 30.5 Å². The SMILES string of the molecule is C=C(NC(C)(C)C(F)(F)F)C(C)N1CCC(CNC(=O)c2cc(F)cc(Cl)c2)CC1. The standard InChI is InChI=1S/C21H28ClF4N3O/c1-13(28-20(3,4)21(24,25)26)14(2)29-7-5-15(6-8-29)12-27-19(30)16-9-17(22)11-18(23)10-16/h9-11,14-15,28H,1,5-8,12H2,2-4H3,(H,27,30). The van der Waals surface area contributed by atoms with E-state index in [1.807, 2.05) is 6.92 Å². The van der Waals surface area contributed by atoms with Gasteiger partial charge in [-0.2, -0.15) is 13.2 Å². The third-order valence-corrected chi connectivity index (χ3v) is 5.78. The summed E-state index contributed by atoms with van der Waals surface area (Å²) in [6.45, 7) is 9.61. The average molecular weight is 450 g/mol. The van der Waals surface area contributed by atoms with Crippen LogP contribution in [0.25, 0.3) is 0 Å². The van der Waals surface area contributed by atoms with Gasteiger partial charge in [0.1, 0.15) is 11.4 Å². The zero-order valence-electron chi connectivity index (χ0n) is 17.4. The summed E-state index contributed by atoms with van der Waals surface area (Å²) in [5.41, 5.74) is -1.56. The molecule has 4 nitrogen and oxygen atoms in total. The van der Waals surface area contributed by atoms with Gasteiger partial charge in [0.2, 0.25) is 0 Å². The Morgan fingerprint density at radius 2 is 1.87 bits per heavy atom. The van der Waals surface area contributed by atoms with Crippen LogP contribution >= 0.6 is 11.6 Å². The number of likely N-dealkylation sites (tertiary alicyclic amines) is 1. The number of alkyl halides is 3. The number of benzene rings is 1. The third kappa shape index (κ3) is 6.35. The normalized spacial score (nSPS) is 17.5. The molecule has 2 N–H and O–H groups in total. The van der Waals surface area contributed by atoms with Gasteiger partial charge in [-0.05, 0) is 70.8 Å². The molecule has 0 spiro atoms. The minimum atomic E-state index is -4.38. The average Bonchev–Trinajstić information content (AvgIpc) is 2.63. The monoisotopic (exact) mass is 449 g/mol. The Kier molecular flexibility index (Phi) is 7.80. The summed E-state index contributed by atoms with van der Waals surface area (Å²) in [7, 11) is 0. The molecule has 0 aliphatic carbocycles. The number of carbonyl (C=O) groups excluding carboxylic acids is 1. The van der Waals surface area contributed by atoms with E-state index >= 15 is 0 Å². The van der Waals surface area contributed by atoms with Gasteiger partial charge >= 0.3 is 6.18 Å². The molecule has 1 unspecified atom stereocenters. The lowest BCUT2D eigenvalue weighted by atomic mass is 9.95. The maximum absolute atomic E-state index is 13.4. The van der Waals surface area contributed by atoms with Crippen molar-refractivity contribution in [2.45, 2.75) is 51.4 Å². The number of hydrogen-bond acceptors (Lipinski definition) is 3. The molecule has 1 aliphatic rings. The van der Waals surface area contributed by atoms with Crippen molar-refractivity contribution in [3.05, 3.63) is 46.9 Å². The highest BCUT2D eigenvalue weighted by Crippen LogP contribution is 2.31. The van der Waals surface area contributed by atoms with Crippen molar-refractivity contribution in [3.8, 4) is 0 Å². The molecule has 1 atom stereocenters. The first-order chi connectivity index (χ1) is 13.8. The lowest BCUT2D eigenvalue weighted by Gasteiger charge is -2.39. The van der Waals surface area contributed by atoms with Crippen molar-refractivity contribution >= 4 is 17.5 Å². The molecular weight excluding hydrogens is 422 g/mol. The van der Waals surface area contributed by atoms with Gasteiger partial charge < -0.3 is 10.6 Å². The molecule has 30 heavy (non-hydrogen) atoms. The number of nitrogens with zero attached hydrogens (tertiary/aromatic N) is 1. The smallest absolute Gasteiger partial charge is 0.375 e. The van der Waals surface area contributed by atoms with E-state index in [2.05, 4.69) is 22.1 Å². The van der Waals surface area contributed by atoms with Crippen molar-refractivity contribution < 1.29 is 22.4 Å². The molecule has 0 bridgehead atoms. The predicted molar refractivity (Wildman–Crippen MR) is 110 cm³/mol. The number of hydrogen-bond donors (Lipinski definition) is 2. The second kappa shape index (κ2) is 9.56. The fourth-order valence-corrected chi connectivity index (χ4v) is 3.59. The van der Waals surface area contributed by atoms with Gasteiger partial charge in [0.05, 0.1) is 0 Å². The van der Waals surface area contributed by atoms with E-state index in [1.54, 1.807) is 0 Å². The van der Waals surface area contributed by atoms with Gasteiger partial charge in [0.15, 0.2) is 0 Å². The zero-order chi connectivity index (χ0) is 22.7. The van der Waals surface area contributed by atoms with Crippen molar-refractivity contribution in [1.82, 2.24) is 15.5 Å². The second-order valence-corrected chi connectivity index (χ2v) is 8.73. The summed E-state index contributed by atoms with van der Waals surface area (Å²) < 4.78 is 52.7. The largest absolute Gasteiger partial charge is 0.410 e. The number of halogens is 5.